The third kappa shape index (κ3) is 36.3. The molecular weight excluding hydrogens is 653 g/mol. The molecule has 1 unspecified atom stereocenters. The number of hydrogen-bond acceptors (Lipinski definition) is 7. The van der Waals surface area contributed by atoms with Crippen molar-refractivity contribution in [2.75, 3.05) is 47.5 Å². The minimum Gasteiger partial charge on any atom is -0.462 e. The van der Waals surface area contributed by atoms with Crippen molar-refractivity contribution >= 4 is 19.8 Å². The van der Waals surface area contributed by atoms with Gasteiger partial charge in [0.1, 0.15) is 19.8 Å². The number of allylic oxidation sites excluding steroid dienone is 4. The zero-order valence-corrected chi connectivity index (χ0v) is 33.8. The normalized spacial score (nSPS) is 14.0. The van der Waals surface area contributed by atoms with Gasteiger partial charge in [0.2, 0.25) is 0 Å². The number of hydrogen-bond donors (Lipinski definition) is 1. The number of ether oxygens (including phenoxy) is 2. The van der Waals surface area contributed by atoms with Crippen LogP contribution in [0.15, 0.2) is 24.3 Å². The number of likely N-dealkylation sites (N-methyl/N-ethyl adjacent to an activating group) is 1. The Morgan fingerprint density at radius 2 is 1.08 bits per heavy atom. The van der Waals surface area contributed by atoms with Crippen LogP contribution in [0.5, 0.6) is 0 Å². The van der Waals surface area contributed by atoms with Gasteiger partial charge in [0.15, 0.2) is 6.10 Å². The van der Waals surface area contributed by atoms with E-state index >= 15 is 0 Å². The molecule has 0 fully saturated rings. The van der Waals surface area contributed by atoms with Gasteiger partial charge in [-0.3, -0.25) is 18.6 Å². The van der Waals surface area contributed by atoms with Gasteiger partial charge in [-0.2, -0.15) is 0 Å². The van der Waals surface area contributed by atoms with Crippen molar-refractivity contribution in [3.05, 3.63) is 24.3 Å². The first-order valence-corrected chi connectivity index (χ1v) is 21.6. The highest BCUT2D eigenvalue weighted by Crippen LogP contribution is 2.43. The van der Waals surface area contributed by atoms with Crippen LogP contribution in [-0.4, -0.2) is 74.9 Å². The van der Waals surface area contributed by atoms with E-state index in [1.165, 1.54) is 77.0 Å². The fourth-order valence-electron chi connectivity index (χ4n) is 5.28. The molecule has 0 heterocycles. The number of quaternary nitrogens is 1. The average Bonchev–Trinajstić information content (AvgIpc) is 3.06. The number of carbonyl (C=O) groups excluding carboxylic acids is 2. The summed E-state index contributed by atoms with van der Waals surface area (Å²) in [5.41, 5.74) is 0. The standard InChI is InChI=1S/C40H76NO8P/c1-6-8-10-12-14-16-18-19-20-21-23-25-27-29-31-33-40(43)49-38(37-48-50(44,45)47-35-34-41(3,4)5)36-46-39(42)32-30-28-26-24-22-17-15-13-11-9-7-2/h14,16,19-20,38H,6-13,15,17-18,21-37H2,1-5H3/p+1/b16-14-,20-19-/t38-/m1/s1. The van der Waals surface area contributed by atoms with E-state index in [2.05, 4.69) is 38.2 Å². The van der Waals surface area contributed by atoms with E-state index in [4.69, 9.17) is 18.5 Å². The van der Waals surface area contributed by atoms with Crippen LogP contribution < -0.4 is 0 Å². The Labute approximate surface area is 307 Å². The van der Waals surface area contributed by atoms with Crippen LogP contribution in [0.25, 0.3) is 0 Å². The smallest absolute Gasteiger partial charge is 0.462 e. The van der Waals surface area contributed by atoms with E-state index in [9.17, 15) is 19.0 Å². The number of carbonyl (C=O) groups is 2. The summed E-state index contributed by atoms with van der Waals surface area (Å²) in [7, 11) is 1.47. The SMILES string of the molecule is CCCCC/C=C\C/C=C\CCCCCCCC(=O)O[C@H](COC(=O)CCCCCCCCCCCCC)COP(=O)(O)OCC[N+](C)(C)C. The molecule has 294 valence electrons. The predicted molar refractivity (Wildman–Crippen MR) is 206 cm³/mol. The molecule has 0 aliphatic heterocycles. The highest BCUT2D eigenvalue weighted by Gasteiger charge is 2.27. The summed E-state index contributed by atoms with van der Waals surface area (Å²) >= 11 is 0. The summed E-state index contributed by atoms with van der Waals surface area (Å²) in [6, 6.07) is 0. The molecule has 2 atom stereocenters. The minimum absolute atomic E-state index is 0.0303. The summed E-state index contributed by atoms with van der Waals surface area (Å²) in [6.45, 7) is 4.36. The number of rotatable bonds is 36. The highest BCUT2D eigenvalue weighted by molar-refractivity contribution is 7.47. The van der Waals surface area contributed by atoms with Gasteiger partial charge in [0.05, 0.1) is 27.7 Å². The molecule has 0 saturated heterocycles. The lowest BCUT2D eigenvalue weighted by Crippen LogP contribution is -2.37. The summed E-state index contributed by atoms with van der Waals surface area (Å²) < 4.78 is 34.2. The van der Waals surface area contributed by atoms with Gasteiger partial charge in [-0.05, 0) is 44.9 Å². The number of unbranched alkanes of at least 4 members (excludes halogenated alkanes) is 18. The van der Waals surface area contributed by atoms with Crippen LogP contribution in [0.1, 0.15) is 168 Å². The molecule has 0 aromatic rings. The third-order valence-electron chi connectivity index (χ3n) is 8.48. The maximum absolute atomic E-state index is 12.6. The van der Waals surface area contributed by atoms with E-state index in [0.29, 0.717) is 17.4 Å². The molecule has 0 aliphatic rings. The third-order valence-corrected chi connectivity index (χ3v) is 9.47. The van der Waals surface area contributed by atoms with Crippen LogP contribution in [-0.2, 0) is 32.7 Å². The molecule has 0 aromatic carbocycles. The molecule has 0 bridgehead atoms. The molecule has 0 spiro atoms. The molecule has 50 heavy (non-hydrogen) atoms. The maximum atomic E-state index is 12.6. The van der Waals surface area contributed by atoms with Crippen LogP contribution in [0.2, 0.25) is 0 Å². The van der Waals surface area contributed by atoms with Crippen molar-refractivity contribution in [1.29, 1.82) is 0 Å². The largest absolute Gasteiger partial charge is 0.472 e. The number of phosphoric acid groups is 1. The lowest BCUT2D eigenvalue weighted by Gasteiger charge is -2.24. The van der Waals surface area contributed by atoms with Crippen LogP contribution >= 0.6 is 7.82 Å². The Balaban J connectivity index is 4.44. The fourth-order valence-corrected chi connectivity index (χ4v) is 6.02. The van der Waals surface area contributed by atoms with Gasteiger partial charge in [-0.1, -0.05) is 134 Å². The van der Waals surface area contributed by atoms with Crippen molar-refractivity contribution in [2.45, 2.75) is 174 Å². The monoisotopic (exact) mass is 731 g/mol. The van der Waals surface area contributed by atoms with Crippen molar-refractivity contribution in [1.82, 2.24) is 0 Å². The van der Waals surface area contributed by atoms with Crippen molar-refractivity contribution in [2.24, 2.45) is 0 Å². The first kappa shape index (κ1) is 48.5. The zero-order chi connectivity index (χ0) is 37.2. The highest BCUT2D eigenvalue weighted by atomic mass is 31.2. The van der Waals surface area contributed by atoms with E-state index < -0.39 is 26.5 Å². The van der Waals surface area contributed by atoms with Crippen molar-refractivity contribution in [3.8, 4) is 0 Å². The maximum Gasteiger partial charge on any atom is 0.472 e. The van der Waals surface area contributed by atoms with Gasteiger partial charge in [0, 0.05) is 12.8 Å². The van der Waals surface area contributed by atoms with Gasteiger partial charge in [-0.15, -0.1) is 0 Å². The molecule has 0 aromatic heterocycles. The Morgan fingerprint density at radius 3 is 1.62 bits per heavy atom. The number of esters is 2. The van der Waals surface area contributed by atoms with Crippen LogP contribution in [0.3, 0.4) is 0 Å². The van der Waals surface area contributed by atoms with Gasteiger partial charge >= 0.3 is 19.8 Å². The number of phosphoric ester groups is 1. The summed E-state index contributed by atoms with van der Waals surface area (Å²) in [5, 5.41) is 0. The zero-order valence-electron chi connectivity index (χ0n) is 32.9. The molecule has 9 nitrogen and oxygen atoms in total. The van der Waals surface area contributed by atoms with Crippen molar-refractivity contribution < 1.29 is 42.1 Å². The Kier molecular flexibility index (Phi) is 32.3. The lowest BCUT2D eigenvalue weighted by atomic mass is 10.1. The van der Waals surface area contributed by atoms with E-state index in [0.717, 1.165) is 57.8 Å². The molecule has 1 N–H and O–H groups in total. The van der Waals surface area contributed by atoms with E-state index in [1.54, 1.807) is 0 Å². The second-order valence-corrected chi connectivity index (χ2v) is 16.1. The predicted octanol–water partition coefficient (Wildman–Crippen LogP) is 10.8. The van der Waals surface area contributed by atoms with E-state index in [-0.39, 0.29) is 32.0 Å². The first-order valence-electron chi connectivity index (χ1n) is 20.1. The molecule has 0 amide bonds. The Bertz CT molecular complexity index is 918. The van der Waals surface area contributed by atoms with Gasteiger partial charge < -0.3 is 18.9 Å². The van der Waals surface area contributed by atoms with Gasteiger partial charge in [-0.25, -0.2) is 4.57 Å². The number of nitrogens with zero attached hydrogens (tertiary/aromatic N) is 1. The summed E-state index contributed by atoms with van der Waals surface area (Å²) in [4.78, 5) is 35.2. The molecule has 0 aliphatic carbocycles. The van der Waals surface area contributed by atoms with Gasteiger partial charge in [0.25, 0.3) is 0 Å². The summed E-state index contributed by atoms with van der Waals surface area (Å²) in [5.74, 6) is -0.813. The average molecular weight is 731 g/mol. The Hall–Kier alpha value is -1.51. The molecule has 10 heteroatoms. The lowest BCUT2D eigenvalue weighted by molar-refractivity contribution is -0.870. The van der Waals surface area contributed by atoms with Crippen LogP contribution in [0.4, 0.5) is 0 Å². The topological polar surface area (TPSA) is 108 Å². The Morgan fingerprint density at radius 1 is 0.620 bits per heavy atom. The van der Waals surface area contributed by atoms with Crippen molar-refractivity contribution in [3.63, 3.8) is 0 Å². The molecule has 0 rings (SSSR count). The molecule has 0 saturated carbocycles. The second kappa shape index (κ2) is 33.3. The molecule has 0 radical (unpaired) electrons. The fraction of sp³-hybridized carbons (Fsp3) is 0.850. The minimum atomic E-state index is -4.37. The molecular formula is C40H77NO8P+. The quantitative estimate of drug-likeness (QED) is 0.0223. The second-order valence-electron chi connectivity index (χ2n) is 14.7. The summed E-state index contributed by atoms with van der Waals surface area (Å²) in [6.07, 6.45) is 33.6. The first-order chi connectivity index (χ1) is 24.0. The van der Waals surface area contributed by atoms with E-state index in [1.807, 2.05) is 21.1 Å². The van der Waals surface area contributed by atoms with Crippen LogP contribution in [0, 0.1) is 0 Å².